The molecule has 6 heteroatoms. The van der Waals surface area contributed by atoms with Crippen molar-refractivity contribution >= 4 is 22.4 Å². The second kappa shape index (κ2) is 5.43. The van der Waals surface area contributed by atoms with Gasteiger partial charge in [0.1, 0.15) is 0 Å². The van der Waals surface area contributed by atoms with Gasteiger partial charge in [0.25, 0.3) is 0 Å². The third-order valence-electron chi connectivity index (χ3n) is 3.82. The van der Waals surface area contributed by atoms with Crippen molar-refractivity contribution in [1.82, 2.24) is 9.55 Å². The third-order valence-corrected chi connectivity index (χ3v) is 4.05. The molecule has 1 aliphatic rings. The fraction of sp³-hybridized carbons (Fsp3) is 0.312. The summed E-state index contributed by atoms with van der Waals surface area (Å²) in [6.07, 6.45) is 7.91. The van der Waals surface area contributed by atoms with Crippen LogP contribution < -0.4 is 0 Å². The molecule has 0 N–H and O–H groups in total. The molecule has 4 rings (SSSR count). The Labute approximate surface area is 132 Å². The molecule has 5 nitrogen and oxygen atoms in total. The topological polar surface area (TPSA) is 49.4 Å². The van der Waals surface area contributed by atoms with E-state index in [1.807, 2.05) is 29.0 Å². The van der Waals surface area contributed by atoms with Gasteiger partial charge in [-0.1, -0.05) is 11.6 Å². The zero-order valence-corrected chi connectivity index (χ0v) is 12.6. The molecule has 0 amide bonds. The number of nitrogens with zero attached hydrogens (tertiary/aromatic N) is 2. The molecular weight excluding hydrogens is 304 g/mol. The van der Waals surface area contributed by atoms with Gasteiger partial charge >= 0.3 is 0 Å². The molecule has 3 aromatic rings. The van der Waals surface area contributed by atoms with Crippen molar-refractivity contribution in [1.29, 1.82) is 0 Å². The van der Waals surface area contributed by atoms with Crippen LogP contribution >= 0.6 is 11.6 Å². The minimum atomic E-state index is -0.936. The minimum Gasteiger partial charge on any atom is -0.462 e. The largest absolute Gasteiger partial charge is 0.462 e. The number of rotatable bonds is 3. The lowest BCUT2D eigenvalue weighted by Crippen LogP contribution is -2.41. The van der Waals surface area contributed by atoms with Crippen LogP contribution in [-0.4, -0.2) is 22.8 Å². The summed E-state index contributed by atoms with van der Waals surface area (Å²) < 4.78 is 19.8. The van der Waals surface area contributed by atoms with E-state index in [2.05, 4.69) is 4.98 Å². The number of benzene rings is 1. The van der Waals surface area contributed by atoms with Gasteiger partial charge in [0.05, 0.1) is 32.3 Å². The van der Waals surface area contributed by atoms with Crippen LogP contribution in [0.3, 0.4) is 0 Å². The summed E-state index contributed by atoms with van der Waals surface area (Å²) in [6.45, 7) is 1.74. The Morgan fingerprint density at radius 3 is 2.91 bits per heavy atom. The minimum absolute atomic E-state index is 0.484. The number of imidazole rings is 1. The van der Waals surface area contributed by atoms with E-state index in [1.165, 1.54) is 0 Å². The van der Waals surface area contributed by atoms with E-state index in [1.54, 1.807) is 18.8 Å². The Hall–Kier alpha value is -1.82. The van der Waals surface area contributed by atoms with E-state index < -0.39 is 5.79 Å². The first-order valence-corrected chi connectivity index (χ1v) is 7.55. The van der Waals surface area contributed by atoms with Crippen LogP contribution in [-0.2, 0) is 21.8 Å². The van der Waals surface area contributed by atoms with Crippen molar-refractivity contribution in [2.24, 2.45) is 0 Å². The SMILES string of the molecule is Clc1ccc2c(C3(Cn4ccnc4)OCCCO3)occ2c1. The predicted octanol–water partition coefficient (Wildman–Crippen LogP) is 3.57. The molecule has 0 bridgehead atoms. The number of hydrogen-bond donors (Lipinski definition) is 0. The third kappa shape index (κ3) is 2.31. The van der Waals surface area contributed by atoms with Crippen LogP contribution in [0.15, 0.2) is 47.6 Å². The van der Waals surface area contributed by atoms with Crippen LogP contribution in [0.1, 0.15) is 12.2 Å². The molecule has 1 aromatic carbocycles. The van der Waals surface area contributed by atoms with Gasteiger partial charge in [0.2, 0.25) is 5.79 Å². The fourth-order valence-electron chi connectivity index (χ4n) is 2.81. The number of aromatic nitrogens is 2. The first-order chi connectivity index (χ1) is 10.8. The van der Waals surface area contributed by atoms with Crippen molar-refractivity contribution in [3.8, 4) is 0 Å². The molecule has 3 heterocycles. The van der Waals surface area contributed by atoms with Gasteiger partial charge in [-0.15, -0.1) is 0 Å². The first kappa shape index (κ1) is 13.8. The van der Waals surface area contributed by atoms with Gasteiger partial charge in [-0.3, -0.25) is 0 Å². The van der Waals surface area contributed by atoms with Crippen LogP contribution in [0, 0.1) is 0 Å². The van der Waals surface area contributed by atoms with Crippen molar-refractivity contribution in [3.05, 3.63) is 54.0 Å². The molecule has 22 heavy (non-hydrogen) atoms. The highest BCUT2D eigenvalue weighted by Crippen LogP contribution is 2.38. The van der Waals surface area contributed by atoms with Gasteiger partial charge in [-0.25, -0.2) is 4.98 Å². The molecule has 0 radical (unpaired) electrons. The average Bonchev–Trinajstić information content (AvgIpc) is 3.17. The Balaban J connectivity index is 1.82. The van der Waals surface area contributed by atoms with Crippen molar-refractivity contribution in [3.63, 3.8) is 0 Å². The van der Waals surface area contributed by atoms with Crippen LogP contribution in [0.5, 0.6) is 0 Å². The highest BCUT2D eigenvalue weighted by molar-refractivity contribution is 6.31. The van der Waals surface area contributed by atoms with Gasteiger partial charge in [0.15, 0.2) is 5.76 Å². The normalized spacial score (nSPS) is 17.9. The highest BCUT2D eigenvalue weighted by atomic mass is 35.5. The van der Waals surface area contributed by atoms with Gasteiger partial charge in [0, 0.05) is 28.2 Å². The molecule has 0 unspecified atom stereocenters. The molecule has 1 aliphatic heterocycles. The fourth-order valence-corrected chi connectivity index (χ4v) is 2.99. The molecule has 0 aliphatic carbocycles. The molecule has 0 spiro atoms. The van der Waals surface area contributed by atoms with E-state index >= 15 is 0 Å². The molecule has 0 saturated carbocycles. The van der Waals surface area contributed by atoms with Crippen LogP contribution in [0.25, 0.3) is 10.8 Å². The molecule has 1 saturated heterocycles. The lowest BCUT2D eigenvalue weighted by atomic mass is 10.1. The van der Waals surface area contributed by atoms with E-state index in [9.17, 15) is 0 Å². The molecule has 2 aromatic heterocycles. The second-order valence-corrected chi connectivity index (χ2v) is 5.77. The molecule has 1 fully saturated rings. The van der Waals surface area contributed by atoms with E-state index in [0.717, 1.165) is 17.2 Å². The average molecular weight is 319 g/mol. The summed E-state index contributed by atoms with van der Waals surface area (Å²) in [6, 6.07) is 5.65. The number of halogens is 1. The number of fused-ring (bicyclic) bond motifs is 1. The van der Waals surface area contributed by atoms with E-state index in [-0.39, 0.29) is 0 Å². The zero-order chi connectivity index (χ0) is 15.0. The molecular formula is C16H15ClN2O3. The predicted molar refractivity (Wildman–Crippen MR) is 81.7 cm³/mol. The molecule has 0 atom stereocenters. The monoisotopic (exact) mass is 318 g/mol. The molecule has 114 valence electrons. The van der Waals surface area contributed by atoms with Crippen molar-refractivity contribution < 1.29 is 13.9 Å². The van der Waals surface area contributed by atoms with Crippen LogP contribution in [0.2, 0.25) is 5.02 Å². The summed E-state index contributed by atoms with van der Waals surface area (Å²) >= 11 is 6.05. The van der Waals surface area contributed by atoms with E-state index in [0.29, 0.717) is 30.5 Å². The number of ether oxygens (including phenoxy) is 2. The Morgan fingerprint density at radius 1 is 1.27 bits per heavy atom. The maximum Gasteiger partial charge on any atom is 0.247 e. The highest BCUT2D eigenvalue weighted by Gasteiger charge is 2.41. The Bertz CT molecular complexity index is 776. The quantitative estimate of drug-likeness (QED) is 0.740. The Morgan fingerprint density at radius 2 is 2.14 bits per heavy atom. The maximum absolute atomic E-state index is 6.05. The van der Waals surface area contributed by atoms with E-state index in [4.69, 9.17) is 25.5 Å². The summed E-state index contributed by atoms with van der Waals surface area (Å²) in [5, 5.41) is 2.56. The summed E-state index contributed by atoms with van der Waals surface area (Å²) in [5.74, 6) is -0.262. The van der Waals surface area contributed by atoms with Crippen molar-refractivity contribution in [2.75, 3.05) is 13.2 Å². The number of hydrogen-bond acceptors (Lipinski definition) is 4. The van der Waals surface area contributed by atoms with Gasteiger partial charge < -0.3 is 18.5 Å². The lowest BCUT2D eigenvalue weighted by Gasteiger charge is -2.35. The maximum atomic E-state index is 6.05. The number of furan rings is 1. The lowest BCUT2D eigenvalue weighted by molar-refractivity contribution is -0.291. The van der Waals surface area contributed by atoms with Crippen LogP contribution in [0.4, 0.5) is 0 Å². The summed E-state index contributed by atoms with van der Waals surface area (Å²) in [4.78, 5) is 4.08. The summed E-state index contributed by atoms with van der Waals surface area (Å²) in [7, 11) is 0. The van der Waals surface area contributed by atoms with Gasteiger partial charge in [-0.2, -0.15) is 0 Å². The van der Waals surface area contributed by atoms with Gasteiger partial charge in [-0.05, 0) is 24.6 Å². The van der Waals surface area contributed by atoms with Crippen molar-refractivity contribution in [2.45, 2.75) is 18.8 Å². The smallest absolute Gasteiger partial charge is 0.247 e. The standard InChI is InChI=1S/C16H15ClN2O3/c17-13-2-3-14-12(8-13)9-20-15(14)16(21-6-1-7-22-16)10-19-5-4-18-11-19/h2-5,8-9,11H,1,6-7,10H2. The summed E-state index contributed by atoms with van der Waals surface area (Å²) in [5.41, 5.74) is 0. The Kier molecular flexibility index (Phi) is 3.41. The zero-order valence-electron chi connectivity index (χ0n) is 11.9. The second-order valence-electron chi connectivity index (χ2n) is 5.33. The first-order valence-electron chi connectivity index (χ1n) is 7.18.